The molecule has 4 nitrogen and oxygen atoms in total. The summed E-state index contributed by atoms with van der Waals surface area (Å²) in [7, 11) is 2.00. The Morgan fingerprint density at radius 3 is 2.76 bits per heavy atom. The average Bonchev–Trinajstić information content (AvgIpc) is 2.98. The SMILES string of the molecule is CNCc1cc(C)nc(N2CCC(N3CCCCC3)C2)c1. The molecule has 2 saturated heterocycles. The van der Waals surface area contributed by atoms with Gasteiger partial charge in [0, 0.05) is 31.4 Å². The van der Waals surface area contributed by atoms with Gasteiger partial charge in [-0.25, -0.2) is 4.98 Å². The van der Waals surface area contributed by atoms with Crippen LogP contribution < -0.4 is 10.2 Å². The van der Waals surface area contributed by atoms with Gasteiger partial charge in [0.25, 0.3) is 0 Å². The number of rotatable bonds is 4. The van der Waals surface area contributed by atoms with E-state index in [2.05, 4.69) is 34.2 Å². The maximum Gasteiger partial charge on any atom is 0.129 e. The van der Waals surface area contributed by atoms with E-state index in [1.807, 2.05) is 7.05 Å². The van der Waals surface area contributed by atoms with Gasteiger partial charge in [-0.3, -0.25) is 4.90 Å². The van der Waals surface area contributed by atoms with Gasteiger partial charge in [-0.1, -0.05) is 6.42 Å². The first-order valence-electron chi connectivity index (χ1n) is 8.37. The highest BCUT2D eigenvalue weighted by molar-refractivity contribution is 5.44. The molecule has 0 aromatic carbocycles. The van der Waals surface area contributed by atoms with Crippen molar-refractivity contribution in [2.75, 3.05) is 38.1 Å². The lowest BCUT2D eigenvalue weighted by molar-refractivity contribution is 0.175. The monoisotopic (exact) mass is 288 g/mol. The third-order valence-corrected chi connectivity index (χ3v) is 4.78. The quantitative estimate of drug-likeness (QED) is 0.920. The standard InChI is InChI=1S/C17H28N4/c1-14-10-15(12-18-2)11-17(19-14)21-9-6-16(13-21)20-7-4-3-5-8-20/h10-11,16,18H,3-9,12-13H2,1-2H3. The van der Waals surface area contributed by atoms with E-state index in [-0.39, 0.29) is 0 Å². The molecule has 2 aliphatic rings. The van der Waals surface area contributed by atoms with Crippen LogP contribution in [0.25, 0.3) is 0 Å². The molecule has 0 saturated carbocycles. The summed E-state index contributed by atoms with van der Waals surface area (Å²) in [5, 5.41) is 3.23. The molecule has 1 aromatic heterocycles. The number of anilines is 1. The smallest absolute Gasteiger partial charge is 0.129 e. The lowest BCUT2D eigenvalue weighted by Crippen LogP contribution is -2.41. The Balaban J connectivity index is 1.67. The van der Waals surface area contributed by atoms with Crippen LogP contribution in [-0.4, -0.2) is 49.2 Å². The largest absolute Gasteiger partial charge is 0.355 e. The maximum atomic E-state index is 4.76. The topological polar surface area (TPSA) is 31.4 Å². The van der Waals surface area contributed by atoms with E-state index in [0.29, 0.717) is 0 Å². The molecule has 0 radical (unpaired) electrons. The summed E-state index contributed by atoms with van der Waals surface area (Å²) in [4.78, 5) is 9.94. The summed E-state index contributed by atoms with van der Waals surface area (Å²) >= 11 is 0. The van der Waals surface area contributed by atoms with Crippen molar-refractivity contribution in [2.24, 2.45) is 0 Å². The van der Waals surface area contributed by atoms with Crippen LogP contribution in [0, 0.1) is 6.92 Å². The Morgan fingerprint density at radius 2 is 2.00 bits per heavy atom. The summed E-state index contributed by atoms with van der Waals surface area (Å²) in [6.07, 6.45) is 5.47. The Hall–Kier alpha value is -1.13. The van der Waals surface area contributed by atoms with Crippen molar-refractivity contribution in [1.29, 1.82) is 0 Å². The minimum atomic E-state index is 0.736. The van der Waals surface area contributed by atoms with E-state index < -0.39 is 0 Å². The van der Waals surface area contributed by atoms with E-state index in [1.165, 1.54) is 50.2 Å². The second-order valence-corrected chi connectivity index (χ2v) is 6.49. The zero-order valence-corrected chi connectivity index (χ0v) is 13.4. The van der Waals surface area contributed by atoms with Gasteiger partial charge in [-0.05, 0) is 64.0 Å². The van der Waals surface area contributed by atoms with Crippen LogP contribution >= 0.6 is 0 Å². The van der Waals surface area contributed by atoms with Crippen LogP contribution in [0.3, 0.4) is 0 Å². The molecule has 1 atom stereocenters. The molecular formula is C17H28N4. The van der Waals surface area contributed by atoms with Crippen LogP contribution in [0.2, 0.25) is 0 Å². The third kappa shape index (κ3) is 3.55. The van der Waals surface area contributed by atoms with Crippen LogP contribution in [0.1, 0.15) is 36.9 Å². The molecule has 1 N–H and O–H groups in total. The molecule has 3 heterocycles. The van der Waals surface area contributed by atoms with Crippen molar-refractivity contribution < 1.29 is 0 Å². The molecule has 3 rings (SSSR count). The molecule has 21 heavy (non-hydrogen) atoms. The number of nitrogens with zero attached hydrogens (tertiary/aromatic N) is 3. The highest BCUT2D eigenvalue weighted by Gasteiger charge is 2.29. The fourth-order valence-electron chi connectivity index (χ4n) is 3.72. The molecule has 1 aromatic rings. The van der Waals surface area contributed by atoms with Crippen molar-refractivity contribution >= 4 is 5.82 Å². The third-order valence-electron chi connectivity index (χ3n) is 4.78. The van der Waals surface area contributed by atoms with Crippen LogP contribution in [-0.2, 0) is 6.54 Å². The molecule has 0 bridgehead atoms. The summed E-state index contributed by atoms with van der Waals surface area (Å²) in [5.41, 5.74) is 2.46. The van der Waals surface area contributed by atoms with E-state index in [9.17, 15) is 0 Å². The highest BCUT2D eigenvalue weighted by atomic mass is 15.3. The Morgan fingerprint density at radius 1 is 1.19 bits per heavy atom. The Kier molecular flexibility index (Phi) is 4.76. The number of hydrogen-bond acceptors (Lipinski definition) is 4. The molecule has 1 unspecified atom stereocenters. The number of piperidine rings is 1. The zero-order chi connectivity index (χ0) is 14.7. The highest BCUT2D eigenvalue weighted by Crippen LogP contribution is 2.25. The van der Waals surface area contributed by atoms with Crippen molar-refractivity contribution in [3.05, 3.63) is 23.4 Å². The van der Waals surface area contributed by atoms with Gasteiger partial charge >= 0.3 is 0 Å². The van der Waals surface area contributed by atoms with Crippen molar-refractivity contribution in [2.45, 2.75) is 45.2 Å². The van der Waals surface area contributed by atoms with Crippen molar-refractivity contribution in [3.63, 3.8) is 0 Å². The fraction of sp³-hybridized carbons (Fsp3) is 0.706. The minimum Gasteiger partial charge on any atom is -0.355 e. The van der Waals surface area contributed by atoms with E-state index >= 15 is 0 Å². The van der Waals surface area contributed by atoms with Crippen LogP contribution in [0.15, 0.2) is 12.1 Å². The normalized spacial score (nSPS) is 23.7. The minimum absolute atomic E-state index is 0.736. The second kappa shape index (κ2) is 6.75. The van der Waals surface area contributed by atoms with E-state index in [4.69, 9.17) is 4.98 Å². The molecule has 116 valence electrons. The summed E-state index contributed by atoms with van der Waals surface area (Å²) < 4.78 is 0. The number of hydrogen-bond donors (Lipinski definition) is 1. The number of pyridine rings is 1. The predicted molar refractivity (Wildman–Crippen MR) is 87.8 cm³/mol. The van der Waals surface area contributed by atoms with E-state index in [1.54, 1.807) is 0 Å². The Labute approximate surface area is 128 Å². The first-order valence-corrected chi connectivity index (χ1v) is 8.37. The fourth-order valence-corrected chi connectivity index (χ4v) is 3.72. The molecule has 2 fully saturated rings. The van der Waals surface area contributed by atoms with Gasteiger partial charge in [0.2, 0.25) is 0 Å². The van der Waals surface area contributed by atoms with Gasteiger partial charge in [-0.15, -0.1) is 0 Å². The summed E-state index contributed by atoms with van der Waals surface area (Å²) in [5.74, 6) is 1.17. The molecule has 0 spiro atoms. The first kappa shape index (κ1) is 14.8. The summed E-state index contributed by atoms with van der Waals surface area (Å²) in [6, 6.07) is 5.17. The number of aromatic nitrogens is 1. The number of aryl methyl sites for hydroxylation is 1. The first-order chi connectivity index (χ1) is 10.3. The maximum absolute atomic E-state index is 4.76. The molecule has 4 heteroatoms. The Bertz CT molecular complexity index is 468. The molecule has 0 amide bonds. The second-order valence-electron chi connectivity index (χ2n) is 6.49. The number of likely N-dealkylation sites (tertiary alicyclic amines) is 1. The van der Waals surface area contributed by atoms with Gasteiger partial charge in [0.05, 0.1) is 0 Å². The van der Waals surface area contributed by atoms with Gasteiger partial charge < -0.3 is 10.2 Å². The average molecular weight is 288 g/mol. The van der Waals surface area contributed by atoms with Crippen LogP contribution in [0.5, 0.6) is 0 Å². The van der Waals surface area contributed by atoms with Gasteiger partial charge in [0.15, 0.2) is 0 Å². The zero-order valence-electron chi connectivity index (χ0n) is 13.4. The molecular weight excluding hydrogens is 260 g/mol. The summed E-state index contributed by atoms with van der Waals surface area (Å²) in [6.45, 7) is 7.90. The molecule has 2 aliphatic heterocycles. The predicted octanol–water partition coefficient (Wildman–Crippen LogP) is 2.17. The number of nitrogens with one attached hydrogen (secondary N) is 1. The van der Waals surface area contributed by atoms with Crippen molar-refractivity contribution in [3.8, 4) is 0 Å². The van der Waals surface area contributed by atoms with E-state index in [0.717, 1.165) is 31.4 Å². The van der Waals surface area contributed by atoms with Crippen LogP contribution in [0.4, 0.5) is 5.82 Å². The van der Waals surface area contributed by atoms with Gasteiger partial charge in [0.1, 0.15) is 5.82 Å². The lowest BCUT2D eigenvalue weighted by Gasteiger charge is -2.32. The molecule has 0 aliphatic carbocycles. The van der Waals surface area contributed by atoms with Gasteiger partial charge in [-0.2, -0.15) is 0 Å². The lowest BCUT2D eigenvalue weighted by atomic mass is 10.1. The van der Waals surface area contributed by atoms with Crippen molar-refractivity contribution in [1.82, 2.24) is 15.2 Å².